The predicted octanol–water partition coefficient (Wildman–Crippen LogP) is 0.939. The van der Waals surface area contributed by atoms with Crippen LogP contribution >= 0.6 is 0 Å². The summed E-state index contributed by atoms with van der Waals surface area (Å²) in [6.45, 7) is 1.90. The SMILES string of the molecule is Cc1nc(CN2CCN(C(=O)COCC(F)(F)C(F)F)CC2)no1. The first kappa shape index (κ1) is 18.6. The van der Waals surface area contributed by atoms with Gasteiger partial charge in [-0.15, -0.1) is 0 Å². The van der Waals surface area contributed by atoms with E-state index in [0.29, 0.717) is 44.4 Å². The highest BCUT2D eigenvalue weighted by atomic mass is 19.3. The van der Waals surface area contributed by atoms with Gasteiger partial charge in [0.1, 0.15) is 13.2 Å². The average Bonchev–Trinajstić information content (AvgIpc) is 2.92. The highest BCUT2D eigenvalue weighted by Crippen LogP contribution is 2.22. The zero-order chi connectivity index (χ0) is 17.7. The molecule has 0 saturated carbocycles. The molecular formula is C13H18F4N4O3. The van der Waals surface area contributed by atoms with Crippen LogP contribution in [0.4, 0.5) is 17.6 Å². The minimum absolute atomic E-state index is 0.379. The first-order valence-electron chi connectivity index (χ1n) is 7.31. The number of rotatable bonds is 7. The number of carbonyl (C=O) groups is 1. The summed E-state index contributed by atoms with van der Waals surface area (Å²) in [7, 11) is 0. The molecule has 1 aromatic rings. The van der Waals surface area contributed by atoms with Crippen LogP contribution in [0.3, 0.4) is 0 Å². The summed E-state index contributed by atoms with van der Waals surface area (Å²) in [5.41, 5.74) is 0. The molecule has 0 radical (unpaired) electrons. The number of alkyl halides is 4. The van der Waals surface area contributed by atoms with Crippen LogP contribution < -0.4 is 0 Å². The van der Waals surface area contributed by atoms with Crippen LogP contribution in [0, 0.1) is 6.92 Å². The molecular weight excluding hydrogens is 336 g/mol. The summed E-state index contributed by atoms with van der Waals surface area (Å²) in [4.78, 5) is 19.4. The van der Waals surface area contributed by atoms with Crippen LogP contribution in [-0.4, -0.2) is 77.6 Å². The number of hydrogen-bond acceptors (Lipinski definition) is 6. The molecule has 2 rings (SSSR count). The second-order valence-electron chi connectivity index (χ2n) is 5.44. The third kappa shape index (κ3) is 5.13. The van der Waals surface area contributed by atoms with Gasteiger partial charge in [0.05, 0.1) is 6.54 Å². The Bertz CT molecular complexity index is 547. The Labute approximate surface area is 135 Å². The number of amides is 1. The number of piperazine rings is 1. The number of ether oxygens (including phenoxy) is 1. The van der Waals surface area contributed by atoms with Crippen molar-refractivity contribution < 1.29 is 31.6 Å². The van der Waals surface area contributed by atoms with Crippen molar-refractivity contribution in [3.63, 3.8) is 0 Å². The standard InChI is InChI=1S/C13H18F4N4O3/c1-9-18-10(19-24-9)6-20-2-4-21(5-3-20)11(22)7-23-8-13(16,17)12(14)15/h12H,2-8H2,1H3. The van der Waals surface area contributed by atoms with Gasteiger partial charge in [0.25, 0.3) is 0 Å². The molecule has 11 heteroatoms. The largest absolute Gasteiger partial charge is 0.365 e. The Morgan fingerprint density at radius 3 is 2.54 bits per heavy atom. The second-order valence-corrected chi connectivity index (χ2v) is 5.44. The second kappa shape index (κ2) is 7.88. The van der Waals surface area contributed by atoms with E-state index in [1.807, 2.05) is 4.90 Å². The maximum atomic E-state index is 12.7. The summed E-state index contributed by atoms with van der Waals surface area (Å²) < 4.78 is 58.6. The van der Waals surface area contributed by atoms with Crippen LogP contribution in [0.5, 0.6) is 0 Å². The van der Waals surface area contributed by atoms with Gasteiger partial charge < -0.3 is 14.2 Å². The van der Waals surface area contributed by atoms with E-state index >= 15 is 0 Å². The minimum Gasteiger partial charge on any atom is -0.365 e. The third-order valence-electron chi connectivity index (χ3n) is 3.50. The molecule has 0 aromatic carbocycles. The van der Waals surface area contributed by atoms with E-state index in [2.05, 4.69) is 14.9 Å². The fourth-order valence-corrected chi connectivity index (χ4v) is 2.19. The molecule has 136 valence electrons. The van der Waals surface area contributed by atoms with Crippen LogP contribution in [0.25, 0.3) is 0 Å². The third-order valence-corrected chi connectivity index (χ3v) is 3.50. The maximum Gasteiger partial charge on any atom is 0.330 e. The number of halogens is 4. The minimum atomic E-state index is -4.25. The zero-order valence-corrected chi connectivity index (χ0v) is 13.1. The van der Waals surface area contributed by atoms with Crippen molar-refractivity contribution in [3.8, 4) is 0 Å². The fraction of sp³-hybridized carbons (Fsp3) is 0.769. The molecule has 0 bridgehead atoms. The van der Waals surface area contributed by atoms with Gasteiger partial charge in [-0.3, -0.25) is 9.69 Å². The molecule has 0 atom stereocenters. The van der Waals surface area contributed by atoms with Crippen molar-refractivity contribution in [2.75, 3.05) is 39.4 Å². The van der Waals surface area contributed by atoms with E-state index in [1.165, 1.54) is 4.90 Å². The van der Waals surface area contributed by atoms with Crippen molar-refractivity contribution in [1.82, 2.24) is 19.9 Å². The molecule has 7 nitrogen and oxygen atoms in total. The molecule has 2 heterocycles. The van der Waals surface area contributed by atoms with Gasteiger partial charge in [-0.1, -0.05) is 5.16 Å². The molecule has 1 fully saturated rings. The first-order valence-corrected chi connectivity index (χ1v) is 7.31. The van der Waals surface area contributed by atoms with Gasteiger partial charge in [0, 0.05) is 33.1 Å². The van der Waals surface area contributed by atoms with Crippen molar-refractivity contribution in [1.29, 1.82) is 0 Å². The Morgan fingerprint density at radius 1 is 1.33 bits per heavy atom. The lowest BCUT2D eigenvalue weighted by Crippen LogP contribution is -2.49. The predicted molar refractivity (Wildman–Crippen MR) is 72.7 cm³/mol. The van der Waals surface area contributed by atoms with Gasteiger partial charge >= 0.3 is 12.3 Å². The van der Waals surface area contributed by atoms with Gasteiger partial charge in [-0.05, 0) is 0 Å². The summed E-state index contributed by atoms with van der Waals surface area (Å²) in [5.74, 6) is -3.74. The highest BCUT2D eigenvalue weighted by Gasteiger charge is 2.41. The van der Waals surface area contributed by atoms with Crippen molar-refractivity contribution in [3.05, 3.63) is 11.7 Å². The summed E-state index contributed by atoms with van der Waals surface area (Å²) >= 11 is 0. The molecule has 1 aromatic heterocycles. The smallest absolute Gasteiger partial charge is 0.330 e. The van der Waals surface area contributed by atoms with Crippen LogP contribution in [0.1, 0.15) is 11.7 Å². The molecule has 0 aliphatic carbocycles. The lowest BCUT2D eigenvalue weighted by molar-refractivity contribution is -0.171. The number of hydrogen-bond donors (Lipinski definition) is 0. The van der Waals surface area contributed by atoms with E-state index in [-0.39, 0.29) is 0 Å². The van der Waals surface area contributed by atoms with Gasteiger partial charge in [-0.25, -0.2) is 8.78 Å². The van der Waals surface area contributed by atoms with Crippen LogP contribution in [0.15, 0.2) is 4.52 Å². The quantitative estimate of drug-likeness (QED) is 0.679. The zero-order valence-electron chi connectivity index (χ0n) is 13.1. The molecule has 24 heavy (non-hydrogen) atoms. The monoisotopic (exact) mass is 354 g/mol. The van der Waals surface area contributed by atoms with Crippen LogP contribution in [-0.2, 0) is 16.1 Å². The molecule has 1 aliphatic rings. The van der Waals surface area contributed by atoms with E-state index in [0.717, 1.165) is 0 Å². The highest BCUT2D eigenvalue weighted by molar-refractivity contribution is 5.77. The molecule has 0 N–H and O–H groups in total. The Kier molecular flexibility index (Phi) is 6.10. The van der Waals surface area contributed by atoms with E-state index in [1.54, 1.807) is 6.92 Å². The lowest BCUT2D eigenvalue weighted by Gasteiger charge is -2.34. The average molecular weight is 354 g/mol. The summed E-state index contributed by atoms with van der Waals surface area (Å²) in [6.07, 6.45) is -3.81. The number of aryl methyl sites for hydroxylation is 1. The number of aromatic nitrogens is 2. The van der Waals surface area contributed by atoms with E-state index < -0.39 is 31.5 Å². The lowest BCUT2D eigenvalue weighted by atomic mass is 10.3. The van der Waals surface area contributed by atoms with E-state index in [9.17, 15) is 22.4 Å². The summed E-state index contributed by atoms with van der Waals surface area (Å²) in [5, 5.41) is 3.78. The van der Waals surface area contributed by atoms with Crippen molar-refractivity contribution in [2.45, 2.75) is 25.8 Å². The van der Waals surface area contributed by atoms with Crippen molar-refractivity contribution >= 4 is 5.91 Å². The Hall–Kier alpha value is -1.75. The maximum absolute atomic E-state index is 12.7. The van der Waals surface area contributed by atoms with E-state index in [4.69, 9.17) is 4.52 Å². The summed E-state index contributed by atoms with van der Waals surface area (Å²) in [6, 6.07) is 0. The number of carbonyl (C=O) groups excluding carboxylic acids is 1. The van der Waals surface area contributed by atoms with Gasteiger partial charge in [-0.2, -0.15) is 13.8 Å². The molecule has 1 aliphatic heterocycles. The molecule has 1 saturated heterocycles. The van der Waals surface area contributed by atoms with Crippen LogP contribution in [0.2, 0.25) is 0 Å². The van der Waals surface area contributed by atoms with Gasteiger partial charge in [0.15, 0.2) is 5.82 Å². The molecule has 0 unspecified atom stereocenters. The fourth-order valence-electron chi connectivity index (χ4n) is 2.19. The number of nitrogens with zero attached hydrogens (tertiary/aromatic N) is 4. The molecule has 0 spiro atoms. The topological polar surface area (TPSA) is 71.7 Å². The normalized spacial score (nSPS) is 16.8. The van der Waals surface area contributed by atoms with Gasteiger partial charge in [0.2, 0.25) is 11.8 Å². The Morgan fingerprint density at radius 2 is 2.00 bits per heavy atom. The first-order chi connectivity index (χ1) is 11.3. The Balaban J connectivity index is 1.69. The van der Waals surface area contributed by atoms with Crippen molar-refractivity contribution in [2.24, 2.45) is 0 Å². The molecule has 1 amide bonds.